The van der Waals surface area contributed by atoms with Gasteiger partial charge in [-0.05, 0) is 26.5 Å². The number of hydrogen-bond acceptors (Lipinski definition) is 1. The third-order valence-corrected chi connectivity index (χ3v) is 1.83. The van der Waals surface area contributed by atoms with E-state index >= 15 is 0 Å². The summed E-state index contributed by atoms with van der Waals surface area (Å²) in [7, 11) is -6.00. The van der Waals surface area contributed by atoms with Gasteiger partial charge in [-0.15, -0.1) is 0 Å². The van der Waals surface area contributed by atoms with Crippen LogP contribution in [0.1, 0.15) is 24.2 Å². The van der Waals surface area contributed by atoms with Gasteiger partial charge in [0.1, 0.15) is 0 Å². The van der Waals surface area contributed by atoms with Crippen molar-refractivity contribution >= 4 is 25.7 Å². The quantitative estimate of drug-likeness (QED) is 0.349. The van der Waals surface area contributed by atoms with E-state index in [2.05, 4.69) is 12.6 Å². The van der Waals surface area contributed by atoms with Crippen molar-refractivity contribution in [3.63, 3.8) is 0 Å². The molecule has 0 spiro atoms. The summed E-state index contributed by atoms with van der Waals surface area (Å²) < 4.78 is 38.5. The molecular weight excluding hydrogens is 255 g/mol. The predicted octanol–water partition coefficient (Wildman–Crippen LogP) is 2.96. The topological polar surface area (TPSA) is 17.1 Å². The zero-order chi connectivity index (χ0) is 13.7. The van der Waals surface area contributed by atoms with Crippen molar-refractivity contribution in [3.8, 4) is 0 Å². The average molecular weight is 268 g/mol. The van der Waals surface area contributed by atoms with Crippen LogP contribution in [0, 0.1) is 0 Å². The highest BCUT2D eigenvalue weighted by atomic mass is 32.1. The maximum Gasteiger partial charge on any atom is 0.673 e. The SMILES string of the molecule is CC(C)([SH2+])C(=O)c1ccccc1.F[B-](F)(F)F. The summed E-state index contributed by atoms with van der Waals surface area (Å²) in [6, 6.07) is 9.28. The molecule has 0 radical (unpaired) electrons. The second-order valence-electron chi connectivity index (χ2n) is 3.82. The first kappa shape index (κ1) is 16.0. The summed E-state index contributed by atoms with van der Waals surface area (Å²) >= 11 is 3.38. The molecule has 1 nitrogen and oxygen atoms in total. The van der Waals surface area contributed by atoms with E-state index in [1.807, 2.05) is 44.2 Å². The Morgan fingerprint density at radius 3 is 1.76 bits per heavy atom. The molecule has 1 aromatic carbocycles. The molecule has 0 unspecified atom stereocenters. The molecule has 0 N–H and O–H groups in total. The van der Waals surface area contributed by atoms with Gasteiger partial charge in [0.2, 0.25) is 5.78 Å². The average Bonchev–Trinajstić information content (AvgIpc) is 2.14. The number of benzene rings is 1. The van der Waals surface area contributed by atoms with Crippen molar-refractivity contribution in [2.24, 2.45) is 0 Å². The Balaban J connectivity index is 0.000000437. The number of rotatable bonds is 2. The van der Waals surface area contributed by atoms with Crippen molar-refractivity contribution in [2.45, 2.75) is 18.6 Å². The minimum absolute atomic E-state index is 0.111. The normalized spacial score (nSPS) is 11.5. The molecule has 0 aliphatic heterocycles. The zero-order valence-electron chi connectivity index (χ0n) is 9.38. The lowest BCUT2D eigenvalue weighted by Gasteiger charge is -2.08. The fourth-order valence-corrected chi connectivity index (χ4v) is 1.09. The van der Waals surface area contributed by atoms with Gasteiger partial charge in [-0.25, -0.2) is 0 Å². The van der Waals surface area contributed by atoms with Gasteiger partial charge in [-0.1, -0.05) is 30.3 Å². The van der Waals surface area contributed by atoms with Gasteiger partial charge in [0.05, 0.1) is 0 Å². The molecule has 0 aliphatic rings. The second kappa shape index (κ2) is 6.09. The zero-order valence-corrected chi connectivity index (χ0v) is 10.4. The Bertz CT molecular complexity index is 353. The van der Waals surface area contributed by atoms with Gasteiger partial charge in [-0.2, -0.15) is 0 Å². The number of carbonyl (C=O) groups is 1. The van der Waals surface area contributed by atoms with Crippen molar-refractivity contribution in [1.82, 2.24) is 0 Å². The fraction of sp³-hybridized carbons (Fsp3) is 0.300. The van der Waals surface area contributed by atoms with E-state index < -0.39 is 12.0 Å². The molecule has 0 saturated heterocycles. The summed E-state index contributed by atoms with van der Waals surface area (Å²) in [6.45, 7) is 3.69. The molecule has 0 heterocycles. The molecule has 1 aromatic rings. The fourth-order valence-electron chi connectivity index (χ4n) is 0.950. The van der Waals surface area contributed by atoms with Crippen LogP contribution in [0.15, 0.2) is 30.3 Å². The first-order valence-electron chi connectivity index (χ1n) is 4.74. The lowest BCUT2D eigenvalue weighted by molar-refractivity contribution is 0.0958. The van der Waals surface area contributed by atoms with E-state index in [4.69, 9.17) is 0 Å². The molecule has 0 bridgehead atoms. The van der Waals surface area contributed by atoms with Crippen LogP contribution in [-0.2, 0) is 12.6 Å². The number of ketones is 1. The van der Waals surface area contributed by atoms with E-state index in [0.29, 0.717) is 0 Å². The Labute approximate surface area is 103 Å². The van der Waals surface area contributed by atoms with Crippen LogP contribution in [0.3, 0.4) is 0 Å². The summed E-state index contributed by atoms with van der Waals surface area (Å²) in [5.74, 6) is 0.111. The summed E-state index contributed by atoms with van der Waals surface area (Å²) in [4.78, 5) is 11.6. The van der Waals surface area contributed by atoms with Crippen molar-refractivity contribution in [1.29, 1.82) is 0 Å². The minimum Gasteiger partial charge on any atom is -0.418 e. The van der Waals surface area contributed by atoms with Crippen molar-refractivity contribution in [3.05, 3.63) is 35.9 Å². The van der Waals surface area contributed by atoms with E-state index in [9.17, 15) is 22.1 Å². The summed E-state index contributed by atoms with van der Waals surface area (Å²) in [6.07, 6.45) is 0. The molecule has 0 aromatic heterocycles. The van der Waals surface area contributed by atoms with E-state index in [1.165, 1.54) is 0 Å². The van der Waals surface area contributed by atoms with Gasteiger partial charge in [-0.3, -0.25) is 4.79 Å². The van der Waals surface area contributed by atoms with Crippen molar-refractivity contribution < 1.29 is 22.1 Å². The number of carbonyl (C=O) groups excluding carboxylic acids is 1. The Morgan fingerprint density at radius 2 is 1.47 bits per heavy atom. The molecule has 0 amide bonds. The largest absolute Gasteiger partial charge is 0.673 e. The van der Waals surface area contributed by atoms with Crippen LogP contribution in [0.25, 0.3) is 0 Å². The molecule has 0 saturated carbocycles. The maximum absolute atomic E-state index is 11.6. The molecule has 0 atom stereocenters. The Hall–Kier alpha value is -0.975. The standard InChI is InChI=1S/C10H12OS.BF4/c1-10(2,12)9(11)8-6-4-3-5-7-8;2-1(3,4)5/h3-7,12H,1-2H3;/q;-1/p+1. The number of Topliss-reactive ketones (excluding diaryl/α,β-unsaturated/α-hetero) is 1. The van der Waals surface area contributed by atoms with Crippen LogP contribution in [-0.4, -0.2) is 17.8 Å². The first-order chi connectivity index (χ1) is 7.52. The molecule has 96 valence electrons. The van der Waals surface area contributed by atoms with Gasteiger partial charge < -0.3 is 17.3 Å². The number of halogens is 4. The number of hydrogen-bond donors (Lipinski definition) is 0. The van der Waals surface area contributed by atoms with Crippen LogP contribution in [0.4, 0.5) is 17.3 Å². The second-order valence-corrected chi connectivity index (χ2v) is 5.07. The highest BCUT2D eigenvalue weighted by Crippen LogP contribution is 2.12. The van der Waals surface area contributed by atoms with E-state index in [-0.39, 0.29) is 5.78 Å². The summed E-state index contributed by atoms with van der Waals surface area (Å²) in [5, 5.41) is 0. The summed E-state index contributed by atoms with van der Waals surface area (Å²) in [5.41, 5.74) is 0.748. The highest BCUT2D eigenvalue weighted by molar-refractivity contribution is 7.61. The molecule has 17 heavy (non-hydrogen) atoms. The maximum atomic E-state index is 11.6. The molecule has 0 aliphatic carbocycles. The lowest BCUT2D eigenvalue weighted by Crippen LogP contribution is -2.28. The predicted molar refractivity (Wildman–Crippen MR) is 65.2 cm³/mol. The minimum atomic E-state index is -6.00. The van der Waals surface area contributed by atoms with Gasteiger partial charge in [0.25, 0.3) is 0 Å². The smallest absolute Gasteiger partial charge is 0.418 e. The Morgan fingerprint density at radius 1 is 1.12 bits per heavy atom. The Kier molecular flexibility index (Phi) is 5.74. The van der Waals surface area contributed by atoms with Gasteiger partial charge in [0.15, 0.2) is 4.75 Å². The molecule has 1 rings (SSSR count). The monoisotopic (exact) mass is 268 g/mol. The lowest BCUT2D eigenvalue weighted by atomic mass is 10.0. The third kappa shape index (κ3) is 8.79. The molecule has 0 fully saturated rings. The molecule has 7 heteroatoms. The van der Waals surface area contributed by atoms with Crippen molar-refractivity contribution in [2.75, 3.05) is 0 Å². The highest BCUT2D eigenvalue weighted by Gasteiger charge is 2.29. The van der Waals surface area contributed by atoms with Gasteiger partial charge in [0, 0.05) is 5.56 Å². The van der Waals surface area contributed by atoms with Crippen LogP contribution in [0.5, 0.6) is 0 Å². The van der Waals surface area contributed by atoms with E-state index in [1.54, 1.807) is 0 Å². The molecular formula is C10H13BF4OS. The third-order valence-electron chi connectivity index (χ3n) is 1.60. The van der Waals surface area contributed by atoms with Crippen LogP contribution >= 0.6 is 0 Å². The van der Waals surface area contributed by atoms with E-state index in [0.717, 1.165) is 5.56 Å². The first-order valence-corrected chi connectivity index (χ1v) is 5.24. The van der Waals surface area contributed by atoms with Gasteiger partial charge >= 0.3 is 7.25 Å². The van der Waals surface area contributed by atoms with Crippen LogP contribution < -0.4 is 0 Å². The van der Waals surface area contributed by atoms with Crippen LogP contribution in [0.2, 0.25) is 0 Å².